The molecule has 4 rings (SSSR count). The summed E-state index contributed by atoms with van der Waals surface area (Å²) in [5.74, 6) is 0.972. The average molecular weight is 293 g/mol. The number of thiophene rings is 2. The smallest absolute Gasteiger partial charge is 0.264 e. The van der Waals surface area contributed by atoms with Gasteiger partial charge in [-0.15, -0.1) is 22.7 Å². The number of rotatable bonds is 1. The van der Waals surface area contributed by atoms with Gasteiger partial charge < -0.3 is 10.0 Å². The van der Waals surface area contributed by atoms with Gasteiger partial charge in [0.05, 0.1) is 11.0 Å². The lowest BCUT2D eigenvalue weighted by Crippen LogP contribution is -2.30. The van der Waals surface area contributed by atoms with Crippen LogP contribution in [0.3, 0.4) is 0 Å². The maximum Gasteiger partial charge on any atom is 0.264 e. The highest BCUT2D eigenvalue weighted by Gasteiger charge is 2.43. The van der Waals surface area contributed by atoms with E-state index in [-0.39, 0.29) is 12.0 Å². The van der Waals surface area contributed by atoms with Gasteiger partial charge in [0.1, 0.15) is 0 Å². The predicted molar refractivity (Wildman–Crippen MR) is 77.8 cm³/mol. The first-order valence-corrected chi connectivity index (χ1v) is 8.36. The van der Waals surface area contributed by atoms with Gasteiger partial charge in [0, 0.05) is 28.4 Å². The molecule has 1 amide bonds. The van der Waals surface area contributed by atoms with E-state index in [2.05, 4.69) is 11.4 Å². The quantitative estimate of drug-likeness (QED) is 0.878. The summed E-state index contributed by atoms with van der Waals surface area (Å²) < 4.78 is 2.40. The van der Waals surface area contributed by atoms with Crippen molar-refractivity contribution in [2.75, 3.05) is 13.1 Å². The molecule has 1 aliphatic heterocycles. The lowest BCUT2D eigenvalue weighted by atomic mass is 10.00. The van der Waals surface area contributed by atoms with Gasteiger partial charge in [-0.3, -0.25) is 4.79 Å². The van der Waals surface area contributed by atoms with Gasteiger partial charge in [-0.25, -0.2) is 0 Å². The molecule has 1 saturated carbocycles. The first-order valence-electron chi connectivity index (χ1n) is 6.67. The van der Waals surface area contributed by atoms with E-state index in [1.807, 2.05) is 11.0 Å². The van der Waals surface area contributed by atoms with Crippen LogP contribution in [-0.2, 0) is 0 Å². The lowest BCUT2D eigenvalue weighted by Gasteiger charge is -2.17. The van der Waals surface area contributed by atoms with E-state index >= 15 is 0 Å². The normalized spacial score (nSPS) is 30.2. The number of likely N-dealkylation sites (tertiary alicyclic amines) is 1. The van der Waals surface area contributed by atoms with Crippen LogP contribution in [0.4, 0.5) is 0 Å². The summed E-state index contributed by atoms with van der Waals surface area (Å²) in [6.07, 6.45) is 1.77. The second-order valence-corrected chi connectivity index (χ2v) is 7.57. The number of amides is 1. The molecule has 3 nitrogen and oxygen atoms in total. The van der Waals surface area contributed by atoms with Crippen molar-refractivity contribution in [3.63, 3.8) is 0 Å². The van der Waals surface area contributed by atoms with Crippen molar-refractivity contribution < 1.29 is 9.90 Å². The average Bonchev–Trinajstić information content (AvgIpc) is 3.09. The molecule has 3 atom stereocenters. The van der Waals surface area contributed by atoms with Crippen LogP contribution >= 0.6 is 22.7 Å². The molecule has 0 spiro atoms. The Hall–Kier alpha value is -0.910. The maximum absolute atomic E-state index is 12.5. The molecule has 2 fully saturated rings. The summed E-state index contributed by atoms with van der Waals surface area (Å²) in [6.45, 7) is 1.56. The van der Waals surface area contributed by atoms with Crippen LogP contribution in [0.2, 0.25) is 0 Å². The van der Waals surface area contributed by atoms with E-state index < -0.39 is 0 Å². The van der Waals surface area contributed by atoms with Crippen LogP contribution in [0.15, 0.2) is 17.5 Å². The van der Waals surface area contributed by atoms with Crippen LogP contribution in [-0.4, -0.2) is 35.1 Å². The first kappa shape index (κ1) is 11.9. The van der Waals surface area contributed by atoms with Crippen molar-refractivity contribution in [1.82, 2.24) is 4.90 Å². The zero-order valence-electron chi connectivity index (χ0n) is 10.4. The van der Waals surface area contributed by atoms with Crippen molar-refractivity contribution in [3.05, 3.63) is 22.4 Å². The first-order chi connectivity index (χ1) is 9.22. The summed E-state index contributed by atoms with van der Waals surface area (Å²) in [6, 6.07) is 4.08. The molecule has 1 aliphatic carbocycles. The van der Waals surface area contributed by atoms with E-state index in [4.69, 9.17) is 0 Å². The SMILES string of the molecule is O=C(c1cc2sccc2s1)N1CC2CCC(O)C2C1. The molecule has 1 saturated heterocycles. The van der Waals surface area contributed by atoms with Crippen LogP contribution in [0.1, 0.15) is 22.5 Å². The van der Waals surface area contributed by atoms with Gasteiger partial charge in [-0.2, -0.15) is 0 Å². The number of carbonyl (C=O) groups excluding carboxylic acids is 1. The number of carbonyl (C=O) groups is 1. The fraction of sp³-hybridized carbons (Fsp3) is 0.500. The number of aliphatic hydroxyl groups excluding tert-OH is 1. The number of hydrogen-bond donors (Lipinski definition) is 1. The molecule has 0 bridgehead atoms. The highest BCUT2D eigenvalue weighted by molar-refractivity contribution is 7.27. The second-order valence-electron chi connectivity index (χ2n) is 5.54. The van der Waals surface area contributed by atoms with E-state index in [9.17, 15) is 9.90 Å². The molecule has 2 aliphatic rings. The van der Waals surface area contributed by atoms with Crippen molar-refractivity contribution in [2.45, 2.75) is 18.9 Å². The highest BCUT2D eigenvalue weighted by Crippen LogP contribution is 2.39. The van der Waals surface area contributed by atoms with Crippen LogP contribution < -0.4 is 0 Å². The molecule has 0 aromatic carbocycles. The fourth-order valence-electron chi connectivity index (χ4n) is 3.43. The molecule has 100 valence electrons. The monoisotopic (exact) mass is 293 g/mol. The standard InChI is InChI=1S/C14H15NO2S2/c16-10-2-1-8-6-15(7-9(8)10)14(17)13-5-12-11(19-13)3-4-18-12/h3-5,8-10,16H,1-2,6-7H2. The maximum atomic E-state index is 12.5. The van der Waals surface area contributed by atoms with Gasteiger partial charge in [0.2, 0.25) is 0 Å². The summed E-state index contributed by atoms with van der Waals surface area (Å²) in [5.41, 5.74) is 0. The molecule has 2 aromatic rings. The van der Waals surface area contributed by atoms with Crippen LogP contribution in [0, 0.1) is 11.8 Å². The Morgan fingerprint density at radius 3 is 3.00 bits per heavy atom. The molecule has 19 heavy (non-hydrogen) atoms. The molecule has 3 unspecified atom stereocenters. The van der Waals surface area contributed by atoms with Gasteiger partial charge >= 0.3 is 0 Å². The lowest BCUT2D eigenvalue weighted by molar-refractivity contribution is 0.0757. The third-order valence-corrected chi connectivity index (χ3v) is 6.54. The largest absolute Gasteiger partial charge is 0.393 e. The number of fused-ring (bicyclic) bond motifs is 2. The Morgan fingerprint density at radius 1 is 1.32 bits per heavy atom. The van der Waals surface area contributed by atoms with Gasteiger partial charge in [0.25, 0.3) is 5.91 Å². The predicted octanol–water partition coefficient (Wildman–Crippen LogP) is 2.81. The Bertz CT molecular complexity index is 604. The molecular formula is C14H15NO2S2. The minimum Gasteiger partial charge on any atom is -0.393 e. The zero-order chi connectivity index (χ0) is 13.0. The molecule has 1 N–H and O–H groups in total. The highest BCUT2D eigenvalue weighted by atomic mass is 32.1. The summed E-state index contributed by atoms with van der Waals surface area (Å²) in [5, 5.41) is 12.0. The Morgan fingerprint density at radius 2 is 2.21 bits per heavy atom. The molecular weight excluding hydrogens is 278 g/mol. The third-order valence-electron chi connectivity index (χ3n) is 4.46. The minimum atomic E-state index is -0.199. The molecule has 0 radical (unpaired) electrons. The van der Waals surface area contributed by atoms with E-state index in [0.717, 1.165) is 30.8 Å². The fourth-order valence-corrected chi connectivity index (χ4v) is 5.51. The van der Waals surface area contributed by atoms with Gasteiger partial charge in [0.15, 0.2) is 0 Å². The van der Waals surface area contributed by atoms with E-state index in [1.54, 1.807) is 22.7 Å². The molecule has 2 aromatic heterocycles. The Kier molecular flexibility index (Phi) is 2.69. The number of aliphatic hydroxyl groups is 1. The summed E-state index contributed by atoms with van der Waals surface area (Å²) >= 11 is 3.27. The van der Waals surface area contributed by atoms with Crippen LogP contribution in [0.25, 0.3) is 9.40 Å². The van der Waals surface area contributed by atoms with Crippen molar-refractivity contribution in [2.24, 2.45) is 11.8 Å². The van der Waals surface area contributed by atoms with Crippen molar-refractivity contribution in [1.29, 1.82) is 0 Å². The van der Waals surface area contributed by atoms with Gasteiger partial charge in [-0.05, 0) is 36.3 Å². The Balaban J connectivity index is 1.57. The molecule has 3 heterocycles. The zero-order valence-corrected chi connectivity index (χ0v) is 12.0. The van der Waals surface area contributed by atoms with Crippen LogP contribution in [0.5, 0.6) is 0 Å². The summed E-state index contributed by atoms with van der Waals surface area (Å²) in [4.78, 5) is 15.3. The number of hydrogen-bond acceptors (Lipinski definition) is 4. The minimum absolute atomic E-state index is 0.148. The second kappa shape index (κ2) is 4.30. The summed E-state index contributed by atoms with van der Waals surface area (Å²) in [7, 11) is 0. The Labute approximate surface area is 119 Å². The number of nitrogens with zero attached hydrogens (tertiary/aromatic N) is 1. The van der Waals surface area contributed by atoms with E-state index in [1.165, 1.54) is 9.40 Å². The molecule has 5 heteroatoms. The third kappa shape index (κ3) is 1.83. The van der Waals surface area contributed by atoms with Gasteiger partial charge in [-0.1, -0.05) is 0 Å². The van der Waals surface area contributed by atoms with Crippen molar-refractivity contribution >= 4 is 38.0 Å². The van der Waals surface area contributed by atoms with E-state index in [0.29, 0.717) is 11.8 Å². The topological polar surface area (TPSA) is 40.5 Å². The van der Waals surface area contributed by atoms with Crippen molar-refractivity contribution in [3.8, 4) is 0 Å².